The van der Waals surface area contributed by atoms with Gasteiger partial charge in [-0.1, -0.05) is 197 Å². The van der Waals surface area contributed by atoms with Crippen molar-refractivity contribution in [3.8, 4) is 0 Å². The Morgan fingerprint density at radius 2 is 0.919 bits per heavy atom. The molecular weight excluding hydrogens is 798 g/mol. The molecule has 360 valence electrons. The molecule has 2 atom stereocenters. The van der Waals surface area contributed by atoms with Crippen molar-refractivity contribution in [1.82, 2.24) is 0 Å². The van der Waals surface area contributed by atoms with E-state index < -0.39 is 26.5 Å². The molecule has 0 saturated carbocycles. The molecule has 0 N–H and O–H groups in total. The van der Waals surface area contributed by atoms with Gasteiger partial charge in [0.25, 0.3) is 7.82 Å². The average Bonchev–Trinajstić information content (AvgIpc) is 3.23. The lowest BCUT2D eigenvalue weighted by atomic mass is 10.0. The number of unbranched alkanes of at least 4 members (excludes halogenated alkanes) is 21. The summed E-state index contributed by atoms with van der Waals surface area (Å²) in [6.45, 7) is 4.11. The van der Waals surface area contributed by atoms with E-state index in [9.17, 15) is 19.0 Å². The summed E-state index contributed by atoms with van der Waals surface area (Å²) < 4.78 is 34.0. The van der Waals surface area contributed by atoms with Crippen molar-refractivity contribution in [2.75, 3.05) is 47.5 Å². The number of ether oxygens (including phenoxy) is 2. The molecule has 0 saturated heterocycles. The molecule has 62 heavy (non-hydrogen) atoms. The van der Waals surface area contributed by atoms with E-state index in [1.54, 1.807) is 0 Å². The predicted octanol–water partition coefficient (Wildman–Crippen LogP) is 14.2. The molecule has 10 heteroatoms. The summed E-state index contributed by atoms with van der Waals surface area (Å²) in [5.41, 5.74) is 0. The van der Waals surface area contributed by atoms with E-state index in [1.165, 1.54) is 96.3 Å². The minimum absolute atomic E-state index is 0.0345. The van der Waals surface area contributed by atoms with Gasteiger partial charge in [0.2, 0.25) is 0 Å². The Kier molecular flexibility index (Phi) is 42.3. The highest BCUT2D eigenvalue weighted by Gasteiger charge is 2.21. The zero-order chi connectivity index (χ0) is 45.7. The molecule has 0 aromatic rings. The Balaban J connectivity index is 4.29. The molecule has 0 radical (unpaired) electrons. The molecule has 0 aliphatic rings. The van der Waals surface area contributed by atoms with Crippen LogP contribution in [0.5, 0.6) is 0 Å². The van der Waals surface area contributed by atoms with Crippen LogP contribution >= 0.6 is 7.82 Å². The highest BCUT2D eigenvalue weighted by Crippen LogP contribution is 2.38. The van der Waals surface area contributed by atoms with Gasteiger partial charge in [-0.05, 0) is 57.8 Å². The number of rotatable bonds is 45. The van der Waals surface area contributed by atoms with E-state index in [1.807, 2.05) is 21.1 Å². The number of quaternary nitrogens is 1. The number of phosphoric ester groups is 1. The van der Waals surface area contributed by atoms with Gasteiger partial charge in [0.15, 0.2) is 6.10 Å². The van der Waals surface area contributed by atoms with Crippen LogP contribution in [0.4, 0.5) is 0 Å². The maximum absolute atomic E-state index is 12.7. The first-order chi connectivity index (χ1) is 30.0. The Bertz CT molecular complexity index is 1240. The summed E-state index contributed by atoms with van der Waals surface area (Å²) in [5.74, 6) is -0.844. The van der Waals surface area contributed by atoms with Crippen LogP contribution in [0.15, 0.2) is 60.8 Å². The second kappa shape index (κ2) is 43.9. The van der Waals surface area contributed by atoms with Crippen LogP contribution in [0, 0.1) is 0 Å². The van der Waals surface area contributed by atoms with Crippen molar-refractivity contribution in [3.05, 3.63) is 60.8 Å². The topological polar surface area (TPSA) is 111 Å². The van der Waals surface area contributed by atoms with Gasteiger partial charge in [-0.3, -0.25) is 14.2 Å². The van der Waals surface area contributed by atoms with E-state index in [-0.39, 0.29) is 32.0 Å². The van der Waals surface area contributed by atoms with Gasteiger partial charge in [0.05, 0.1) is 27.7 Å². The fraction of sp³-hybridized carbons (Fsp3) is 0.769. The van der Waals surface area contributed by atoms with Crippen LogP contribution in [0.3, 0.4) is 0 Å². The van der Waals surface area contributed by atoms with E-state index in [0.717, 1.165) is 77.0 Å². The predicted molar refractivity (Wildman–Crippen MR) is 259 cm³/mol. The molecule has 0 bridgehead atoms. The first-order valence-electron chi connectivity index (χ1n) is 25.0. The third kappa shape index (κ3) is 47.2. The average molecular weight is 892 g/mol. The van der Waals surface area contributed by atoms with Crippen LogP contribution in [0.2, 0.25) is 0 Å². The van der Waals surface area contributed by atoms with Crippen molar-refractivity contribution < 1.29 is 42.1 Å². The summed E-state index contributed by atoms with van der Waals surface area (Å²) in [4.78, 5) is 37.7. The number of likely N-dealkylation sites (N-methyl/N-ethyl adjacent to an activating group) is 1. The Morgan fingerprint density at radius 1 is 0.516 bits per heavy atom. The number of nitrogens with zero attached hydrogens (tertiary/aromatic N) is 1. The van der Waals surface area contributed by atoms with Gasteiger partial charge in [0, 0.05) is 12.8 Å². The largest absolute Gasteiger partial charge is 0.756 e. The van der Waals surface area contributed by atoms with Crippen molar-refractivity contribution in [2.24, 2.45) is 0 Å². The monoisotopic (exact) mass is 892 g/mol. The highest BCUT2D eigenvalue weighted by molar-refractivity contribution is 7.45. The Labute approximate surface area is 381 Å². The maximum Gasteiger partial charge on any atom is 0.306 e. The van der Waals surface area contributed by atoms with Gasteiger partial charge in [-0.15, -0.1) is 0 Å². The van der Waals surface area contributed by atoms with Crippen molar-refractivity contribution in [1.29, 1.82) is 0 Å². The van der Waals surface area contributed by atoms with Crippen molar-refractivity contribution in [2.45, 2.75) is 213 Å². The van der Waals surface area contributed by atoms with Gasteiger partial charge in [0.1, 0.15) is 19.8 Å². The molecule has 0 fully saturated rings. The molecule has 0 heterocycles. The lowest BCUT2D eigenvalue weighted by molar-refractivity contribution is -0.870. The number of hydrogen-bond acceptors (Lipinski definition) is 8. The zero-order valence-corrected chi connectivity index (χ0v) is 41.4. The number of esters is 2. The van der Waals surface area contributed by atoms with Crippen LogP contribution in [-0.2, 0) is 32.7 Å². The van der Waals surface area contributed by atoms with Gasteiger partial charge in [-0.2, -0.15) is 0 Å². The third-order valence-electron chi connectivity index (χ3n) is 10.6. The summed E-state index contributed by atoms with van der Waals surface area (Å²) in [5, 5.41) is 0. The van der Waals surface area contributed by atoms with E-state index in [2.05, 4.69) is 74.6 Å². The SMILES string of the molecule is CC/C=C\C/C=C\C/C=C\C/C=C\C/C=C\CCCCCCCCCC(=O)OC(COC(=O)CCCCCCCCCCCCCCCCC)COP(=O)([O-])OCC[N+](C)(C)C. The number of phosphoric acid groups is 1. The molecule has 0 aliphatic carbocycles. The standard InChI is InChI=1S/C52H94NO8P/c1-6-8-10-12-14-16-18-20-22-23-24-25-26-27-28-29-31-33-35-37-39-41-43-45-52(55)61-50(49-60-62(56,57)59-47-46-53(3,4)5)48-58-51(54)44-42-40-38-36-34-32-30-21-19-17-15-13-11-9-7-2/h8,10,14,16,20,22,24-25,27-28,50H,6-7,9,11-13,15,17-19,21,23,26,29-49H2,1-5H3/b10-8-,16-14-,22-20-,25-24-,28-27-. The first-order valence-corrected chi connectivity index (χ1v) is 26.5. The molecule has 0 spiro atoms. The van der Waals surface area contributed by atoms with E-state index in [0.29, 0.717) is 17.4 Å². The van der Waals surface area contributed by atoms with Crippen molar-refractivity contribution >= 4 is 19.8 Å². The molecular formula is C52H94NO8P. The number of hydrogen-bond donors (Lipinski definition) is 0. The lowest BCUT2D eigenvalue weighted by Gasteiger charge is -2.28. The number of allylic oxidation sites excluding steroid dienone is 10. The van der Waals surface area contributed by atoms with E-state index >= 15 is 0 Å². The molecule has 0 aliphatic heterocycles. The first kappa shape index (κ1) is 59.7. The Morgan fingerprint density at radius 3 is 1.37 bits per heavy atom. The maximum atomic E-state index is 12.7. The van der Waals surface area contributed by atoms with Crippen molar-refractivity contribution in [3.63, 3.8) is 0 Å². The zero-order valence-electron chi connectivity index (χ0n) is 40.6. The Hall–Kier alpha value is -2.29. The molecule has 2 unspecified atom stereocenters. The summed E-state index contributed by atoms with van der Waals surface area (Å²) in [6, 6.07) is 0. The van der Waals surface area contributed by atoms with Crippen LogP contribution in [0.25, 0.3) is 0 Å². The highest BCUT2D eigenvalue weighted by atomic mass is 31.2. The van der Waals surface area contributed by atoms with Gasteiger partial charge in [-0.25, -0.2) is 0 Å². The molecule has 0 aromatic carbocycles. The minimum Gasteiger partial charge on any atom is -0.756 e. The smallest absolute Gasteiger partial charge is 0.306 e. The van der Waals surface area contributed by atoms with Crippen LogP contribution < -0.4 is 4.89 Å². The summed E-state index contributed by atoms with van der Waals surface area (Å²) in [7, 11) is 1.15. The molecule has 9 nitrogen and oxygen atoms in total. The number of carbonyl (C=O) groups is 2. The summed E-state index contributed by atoms with van der Waals surface area (Å²) >= 11 is 0. The molecule has 0 amide bonds. The minimum atomic E-state index is -4.63. The normalized spacial score (nSPS) is 14.0. The molecule has 0 aromatic heterocycles. The van der Waals surface area contributed by atoms with E-state index in [4.69, 9.17) is 18.5 Å². The second-order valence-electron chi connectivity index (χ2n) is 17.8. The van der Waals surface area contributed by atoms with Crippen LogP contribution in [0.1, 0.15) is 206 Å². The quantitative estimate of drug-likeness (QED) is 0.0195. The third-order valence-corrected chi connectivity index (χ3v) is 11.5. The van der Waals surface area contributed by atoms with Gasteiger partial charge >= 0.3 is 11.9 Å². The lowest BCUT2D eigenvalue weighted by Crippen LogP contribution is -2.37. The molecule has 0 rings (SSSR count). The van der Waals surface area contributed by atoms with Gasteiger partial charge < -0.3 is 27.9 Å². The number of carbonyl (C=O) groups excluding carboxylic acids is 2. The fourth-order valence-electron chi connectivity index (χ4n) is 6.68. The van der Waals surface area contributed by atoms with Crippen LogP contribution in [-0.4, -0.2) is 70.0 Å². The summed E-state index contributed by atoms with van der Waals surface area (Å²) in [6.07, 6.45) is 53.9. The fourth-order valence-corrected chi connectivity index (χ4v) is 7.41. The second-order valence-corrected chi connectivity index (χ2v) is 19.2.